The van der Waals surface area contributed by atoms with Crippen molar-refractivity contribution in [3.63, 3.8) is 0 Å². The summed E-state index contributed by atoms with van der Waals surface area (Å²) in [5.74, 6) is 0.491. The summed E-state index contributed by atoms with van der Waals surface area (Å²) in [5.41, 5.74) is 0.412. The quantitative estimate of drug-likeness (QED) is 0.567. The minimum Gasteiger partial charge on any atom is -0.772 e. The average Bonchev–Trinajstić information content (AvgIpc) is 2.31. The van der Waals surface area contributed by atoms with Crippen molar-refractivity contribution < 1.29 is 9.16 Å². The summed E-state index contributed by atoms with van der Waals surface area (Å²) < 4.78 is 5.78. The summed E-state index contributed by atoms with van der Waals surface area (Å²) in [4.78, 5) is 11.7. The lowest BCUT2D eigenvalue weighted by atomic mass is 10.3. The van der Waals surface area contributed by atoms with Gasteiger partial charge in [0.15, 0.2) is 0 Å². The van der Waals surface area contributed by atoms with Gasteiger partial charge in [-0.05, 0) is 12.1 Å². The third-order valence-corrected chi connectivity index (χ3v) is 2.02. The van der Waals surface area contributed by atoms with Crippen molar-refractivity contribution in [3.8, 4) is 5.75 Å². The van der Waals surface area contributed by atoms with Crippen LogP contribution >= 0.6 is 0 Å². The first-order valence-electron chi connectivity index (χ1n) is 4.58. The minimum absolute atomic E-state index is 0.166. The molecule has 2 aromatic rings. The van der Waals surface area contributed by atoms with Crippen LogP contribution in [0.25, 0.3) is 11.0 Å². The van der Waals surface area contributed by atoms with Crippen LogP contribution in [0, 0.1) is 10.1 Å². The summed E-state index contributed by atoms with van der Waals surface area (Å²) in [6, 6.07) is 4.59. The molecule has 0 aliphatic carbocycles. The van der Waals surface area contributed by atoms with E-state index in [1.54, 1.807) is 12.1 Å². The lowest BCUT2D eigenvalue weighted by Gasteiger charge is -2.06. The van der Waals surface area contributed by atoms with Gasteiger partial charge < -0.3 is 9.94 Å². The van der Waals surface area contributed by atoms with E-state index in [1.165, 1.54) is 12.1 Å². The third-order valence-electron chi connectivity index (χ3n) is 2.02. The molecule has 0 aliphatic heterocycles. The van der Waals surface area contributed by atoms with Gasteiger partial charge in [-0.3, -0.25) is 0 Å². The van der Waals surface area contributed by atoms with Crippen molar-refractivity contribution in [1.29, 1.82) is 0 Å². The maximum atomic E-state index is 11.3. The number of benzene rings is 1. The zero-order valence-corrected chi connectivity index (χ0v) is 8.37. The largest absolute Gasteiger partial charge is 0.772 e. The first kappa shape index (κ1) is 10.2. The molecule has 0 unspecified atom stereocenters. The molecule has 0 bridgehead atoms. The number of nitrogens with zero attached hydrogens (tertiary/aromatic N) is 3. The molecule has 0 N–H and O–H groups in total. The van der Waals surface area contributed by atoms with Crippen molar-refractivity contribution >= 4 is 11.0 Å². The van der Waals surface area contributed by atoms with E-state index in [9.17, 15) is 10.1 Å². The van der Waals surface area contributed by atoms with E-state index in [-0.39, 0.29) is 11.0 Å². The Balaban J connectivity index is 2.57. The van der Waals surface area contributed by atoms with Gasteiger partial charge in [-0.25, -0.2) is 0 Å². The monoisotopic (exact) mass is 219 g/mol. The lowest BCUT2D eigenvalue weighted by molar-refractivity contribution is -0.469. The highest BCUT2D eigenvalue weighted by Gasteiger charge is 2.07. The van der Waals surface area contributed by atoms with Crippen molar-refractivity contribution in [2.75, 3.05) is 6.61 Å². The van der Waals surface area contributed by atoms with Crippen LogP contribution in [0.1, 0.15) is 0 Å². The number of rotatable bonds is 3. The van der Waals surface area contributed by atoms with Gasteiger partial charge >= 0.3 is 6.33 Å². The summed E-state index contributed by atoms with van der Waals surface area (Å²) >= 11 is 0. The van der Waals surface area contributed by atoms with E-state index in [4.69, 9.17) is 4.74 Å². The Bertz CT molecular complexity index is 591. The Hall–Kier alpha value is -2.37. The molecule has 0 saturated heterocycles. The second-order valence-corrected chi connectivity index (χ2v) is 3.08. The Kier molecular flexibility index (Phi) is 2.55. The molecule has 0 spiro atoms. The average molecular weight is 219 g/mol. The predicted molar refractivity (Wildman–Crippen MR) is 57.6 cm³/mol. The second-order valence-electron chi connectivity index (χ2n) is 3.08. The van der Waals surface area contributed by atoms with Gasteiger partial charge in [0.25, 0.3) is 0 Å². The van der Waals surface area contributed by atoms with Crippen LogP contribution in [-0.2, 0) is 0 Å². The van der Waals surface area contributed by atoms with E-state index in [2.05, 4.69) is 11.7 Å². The number of ether oxygens (including phenoxy) is 1. The predicted octanol–water partition coefficient (Wildman–Crippen LogP) is 0.861. The first-order chi connectivity index (χ1) is 7.72. The maximum absolute atomic E-state index is 11.3. The molecule has 6 nitrogen and oxygen atoms in total. The van der Waals surface area contributed by atoms with Crippen molar-refractivity contribution in [1.82, 2.24) is 9.94 Å². The van der Waals surface area contributed by atoms with Gasteiger partial charge in [0.05, 0.1) is 0 Å². The molecule has 0 radical (unpaired) electrons. The molecule has 0 amide bonds. The lowest BCUT2D eigenvalue weighted by Crippen LogP contribution is -2.18. The van der Waals surface area contributed by atoms with Crippen LogP contribution in [0.4, 0.5) is 0 Å². The highest BCUT2D eigenvalue weighted by Crippen LogP contribution is 2.16. The molecule has 2 rings (SSSR count). The molecule has 0 saturated carbocycles. The summed E-state index contributed by atoms with van der Waals surface area (Å²) in [7, 11) is 0. The van der Waals surface area contributed by atoms with Crippen LogP contribution in [0.15, 0.2) is 37.2 Å². The molecule has 1 aromatic heterocycles. The smallest absolute Gasteiger partial charge is 0.356 e. The summed E-state index contributed by atoms with van der Waals surface area (Å²) in [6.45, 7) is 3.85. The third kappa shape index (κ3) is 1.72. The van der Waals surface area contributed by atoms with E-state index in [1.807, 2.05) is 0 Å². The molecule has 0 aliphatic rings. The van der Waals surface area contributed by atoms with E-state index in [0.717, 1.165) is 6.33 Å². The van der Waals surface area contributed by atoms with Gasteiger partial charge in [-0.1, -0.05) is 17.6 Å². The van der Waals surface area contributed by atoms with Crippen LogP contribution in [-0.4, -0.2) is 16.6 Å². The fourth-order valence-corrected chi connectivity index (χ4v) is 1.31. The molecule has 1 heterocycles. The fraction of sp³-hybridized carbons (Fsp3) is 0.100. The topological polar surface area (TPSA) is 73.1 Å². The number of fused-ring (bicyclic) bond motifs is 1. The molecule has 1 aromatic carbocycles. The molecule has 0 fully saturated rings. The fourth-order valence-electron chi connectivity index (χ4n) is 1.31. The van der Waals surface area contributed by atoms with Gasteiger partial charge in [0.2, 0.25) is 5.52 Å². The van der Waals surface area contributed by atoms with Crippen LogP contribution in [0.3, 0.4) is 0 Å². The molecule has 0 atom stereocenters. The van der Waals surface area contributed by atoms with Crippen LogP contribution in [0.2, 0.25) is 0 Å². The molecule has 16 heavy (non-hydrogen) atoms. The minimum atomic E-state index is 0.166. The van der Waals surface area contributed by atoms with Gasteiger partial charge in [-0.15, -0.1) is 0 Å². The summed E-state index contributed by atoms with van der Waals surface area (Å²) in [5, 5.41) is 14.7. The van der Waals surface area contributed by atoms with Gasteiger partial charge in [0.1, 0.15) is 17.9 Å². The second kappa shape index (κ2) is 4.01. The zero-order chi connectivity index (χ0) is 11.5. The number of aromatic nitrogens is 3. The Morgan fingerprint density at radius 3 is 3.19 bits per heavy atom. The molecule has 6 heteroatoms. The standard InChI is InChI=1S/C10H9N3O3/c1-2-5-16-8-3-4-9-10(6-8)13(15)11-7-12(9)14/h2-4,6-7H,1,5H2. The Morgan fingerprint density at radius 1 is 1.62 bits per heavy atom. The number of hydrogen-bond donors (Lipinski definition) is 0. The van der Waals surface area contributed by atoms with Crippen LogP contribution in [0.5, 0.6) is 5.75 Å². The number of hydrogen-bond acceptors (Lipinski definition) is 4. The highest BCUT2D eigenvalue weighted by atomic mass is 16.5. The van der Waals surface area contributed by atoms with Crippen molar-refractivity contribution in [2.45, 2.75) is 0 Å². The highest BCUT2D eigenvalue weighted by molar-refractivity contribution is 5.73. The summed E-state index contributed by atoms with van der Waals surface area (Å²) in [6.07, 6.45) is 2.51. The normalized spacial score (nSPS) is 10.2. The molecular weight excluding hydrogens is 210 g/mol. The van der Waals surface area contributed by atoms with Gasteiger partial charge in [-0.2, -0.15) is 4.85 Å². The maximum Gasteiger partial charge on any atom is 0.356 e. The van der Waals surface area contributed by atoms with E-state index < -0.39 is 0 Å². The molecular formula is C10H9N3O3. The SMILES string of the molecule is C=CCOc1ccc2c(c1)n([O-])nc[n+]2=O. The molecule has 82 valence electrons. The van der Waals surface area contributed by atoms with E-state index >= 15 is 0 Å². The Morgan fingerprint density at radius 2 is 2.44 bits per heavy atom. The Labute approximate surface area is 90.6 Å². The zero-order valence-electron chi connectivity index (χ0n) is 8.37. The first-order valence-corrected chi connectivity index (χ1v) is 4.58. The van der Waals surface area contributed by atoms with Gasteiger partial charge in [0, 0.05) is 15.6 Å². The van der Waals surface area contributed by atoms with E-state index in [0.29, 0.717) is 21.6 Å². The van der Waals surface area contributed by atoms with Crippen molar-refractivity contribution in [3.05, 3.63) is 47.3 Å². The van der Waals surface area contributed by atoms with Crippen LogP contribution < -0.4 is 9.16 Å². The van der Waals surface area contributed by atoms with Crippen molar-refractivity contribution in [2.24, 2.45) is 0 Å².